The first-order chi connectivity index (χ1) is 28.4. The van der Waals surface area contributed by atoms with Gasteiger partial charge in [0.2, 0.25) is 17.7 Å². The third-order valence-corrected chi connectivity index (χ3v) is 12.9. The van der Waals surface area contributed by atoms with E-state index in [-0.39, 0.29) is 60.7 Å². The van der Waals surface area contributed by atoms with E-state index in [2.05, 4.69) is 56.7 Å². The van der Waals surface area contributed by atoms with E-state index in [1.54, 1.807) is 30.9 Å². The molecule has 1 aliphatic rings. The maximum Gasteiger partial charge on any atom is 0.326 e. The molecule has 0 bridgehead atoms. The van der Waals surface area contributed by atoms with Crippen molar-refractivity contribution in [2.45, 2.75) is 144 Å². The Morgan fingerprint density at radius 1 is 0.883 bits per heavy atom. The Kier molecular flexibility index (Phi) is 23.0. The SMILES string of the molecule is CCCN(CC)CCN(C)[C@H](C(=O)C[C@H](C(=O)N(C)[C@@H]([C@@H](C)CC)[C@@H](CC(=O)N1CCC[C@H]1[C@H](OC)[C@@H](C)C(=O)N[C@@H](Cc1ccccc1)C(=O)O)OC)C(C)C)C(C)C. The van der Waals surface area contributed by atoms with Gasteiger partial charge in [-0.1, -0.05) is 99.1 Å². The second-order valence-electron chi connectivity index (χ2n) is 17.8. The van der Waals surface area contributed by atoms with E-state index in [0.29, 0.717) is 19.4 Å². The molecule has 0 aliphatic carbocycles. The van der Waals surface area contributed by atoms with Gasteiger partial charge in [-0.3, -0.25) is 24.1 Å². The number of rotatable bonds is 28. The van der Waals surface area contributed by atoms with Crippen LogP contribution < -0.4 is 5.32 Å². The molecule has 1 saturated heterocycles. The number of amides is 3. The molecule has 1 heterocycles. The summed E-state index contributed by atoms with van der Waals surface area (Å²) in [6.45, 7) is 22.3. The van der Waals surface area contributed by atoms with Crippen LogP contribution in [-0.4, -0.2) is 152 Å². The topological polar surface area (TPSA) is 149 Å². The molecule has 13 nitrogen and oxygen atoms in total. The van der Waals surface area contributed by atoms with Crippen molar-refractivity contribution in [2.24, 2.45) is 29.6 Å². The quantitative estimate of drug-likeness (QED) is 0.109. The van der Waals surface area contributed by atoms with Crippen molar-refractivity contribution < 1.29 is 38.6 Å². The van der Waals surface area contributed by atoms with E-state index >= 15 is 0 Å². The van der Waals surface area contributed by atoms with E-state index in [9.17, 15) is 29.1 Å². The molecule has 1 aromatic carbocycles. The van der Waals surface area contributed by atoms with Crippen LogP contribution in [0.15, 0.2) is 30.3 Å². The van der Waals surface area contributed by atoms with Gasteiger partial charge in [-0.15, -0.1) is 0 Å². The Hall–Kier alpha value is -3.39. The molecular weight excluding hydrogens is 763 g/mol. The summed E-state index contributed by atoms with van der Waals surface area (Å²) in [4.78, 5) is 76.8. The molecule has 0 saturated carbocycles. The third kappa shape index (κ3) is 14.9. The minimum Gasteiger partial charge on any atom is -0.480 e. The predicted molar refractivity (Wildman–Crippen MR) is 237 cm³/mol. The lowest BCUT2D eigenvalue weighted by Crippen LogP contribution is -2.55. The van der Waals surface area contributed by atoms with Gasteiger partial charge in [0.25, 0.3) is 0 Å². The van der Waals surface area contributed by atoms with Crippen molar-refractivity contribution in [3.05, 3.63) is 35.9 Å². The smallest absolute Gasteiger partial charge is 0.326 e. The first-order valence-electron chi connectivity index (χ1n) is 22.5. The number of nitrogens with one attached hydrogen (secondary N) is 1. The van der Waals surface area contributed by atoms with Gasteiger partial charge in [-0.25, -0.2) is 4.79 Å². The minimum absolute atomic E-state index is 0.00705. The van der Waals surface area contributed by atoms with Gasteiger partial charge < -0.3 is 34.6 Å². The Labute approximate surface area is 362 Å². The summed E-state index contributed by atoms with van der Waals surface area (Å²) < 4.78 is 12.0. The molecule has 3 amide bonds. The highest BCUT2D eigenvalue weighted by Crippen LogP contribution is 2.31. The van der Waals surface area contributed by atoms with E-state index in [1.165, 1.54) is 7.11 Å². The first kappa shape index (κ1) is 52.7. The van der Waals surface area contributed by atoms with Gasteiger partial charge in [0.15, 0.2) is 5.78 Å². The summed E-state index contributed by atoms with van der Waals surface area (Å²) in [6.07, 6.45) is 2.09. The number of aliphatic carboxylic acids is 1. The van der Waals surface area contributed by atoms with Crippen LogP contribution in [0, 0.1) is 29.6 Å². The lowest BCUT2D eigenvalue weighted by molar-refractivity contribution is -0.149. The van der Waals surface area contributed by atoms with Crippen LogP contribution in [-0.2, 0) is 39.9 Å². The monoisotopic (exact) mass is 844 g/mol. The molecule has 9 atom stereocenters. The normalized spacial score (nSPS) is 18.6. The molecule has 13 heteroatoms. The molecule has 1 fully saturated rings. The van der Waals surface area contributed by atoms with Crippen LogP contribution in [0.5, 0.6) is 0 Å². The van der Waals surface area contributed by atoms with Crippen molar-refractivity contribution in [1.29, 1.82) is 0 Å². The Morgan fingerprint density at radius 2 is 1.53 bits per heavy atom. The molecule has 1 aromatic rings. The predicted octanol–water partition coefficient (Wildman–Crippen LogP) is 5.64. The summed E-state index contributed by atoms with van der Waals surface area (Å²) in [5.74, 6) is -3.17. The van der Waals surface area contributed by atoms with Gasteiger partial charge in [-0.05, 0) is 62.7 Å². The number of Topliss-reactive ketones (excluding diaryl/α,β-unsaturated/α-hetero) is 1. The molecule has 60 heavy (non-hydrogen) atoms. The maximum absolute atomic E-state index is 14.6. The molecule has 1 aliphatic heterocycles. The fourth-order valence-corrected chi connectivity index (χ4v) is 9.18. The number of methoxy groups -OCH3 is 2. The number of hydrogen-bond acceptors (Lipinski definition) is 9. The number of carboxylic acids is 1. The summed E-state index contributed by atoms with van der Waals surface area (Å²) in [5, 5.41) is 12.6. The second-order valence-corrected chi connectivity index (χ2v) is 17.8. The lowest BCUT2D eigenvalue weighted by Gasteiger charge is -2.41. The molecule has 0 spiro atoms. The van der Waals surface area contributed by atoms with Crippen LogP contribution in [0.2, 0.25) is 0 Å². The number of benzene rings is 1. The zero-order chi connectivity index (χ0) is 45.3. The molecule has 0 radical (unpaired) electrons. The molecular formula is C47H81N5O8. The number of carboxylic acid groups (broad SMARTS) is 1. The average Bonchev–Trinajstić information content (AvgIpc) is 3.70. The number of ether oxygens (including phenoxy) is 2. The van der Waals surface area contributed by atoms with Gasteiger partial charge >= 0.3 is 5.97 Å². The summed E-state index contributed by atoms with van der Waals surface area (Å²) in [6, 6.07) is 6.83. The highest BCUT2D eigenvalue weighted by Gasteiger charge is 2.43. The van der Waals surface area contributed by atoms with Crippen LogP contribution in [0.1, 0.15) is 106 Å². The summed E-state index contributed by atoms with van der Waals surface area (Å²) in [7, 11) is 6.86. The van der Waals surface area contributed by atoms with Crippen LogP contribution in [0.3, 0.4) is 0 Å². The van der Waals surface area contributed by atoms with Crippen molar-refractivity contribution >= 4 is 29.5 Å². The van der Waals surface area contributed by atoms with E-state index < -0.39 is 54.0 Å². The van der Waals surface area contributed by atoms with E-state index in [0.717, 1.165) is 44.6 Å². The number of nitrogens with zero attached hydrogens (tertiary/aromatic N) is 4. The van der Waals surface area contributed by atoms with Crippen molar-refractivity contribution in [1.82, 2.24) is 24.9 Å². The maximum atomic E-state index is 14.6. The third-order valence-electron chi connectivity index (χ3n) is 12.9. The summed E-state index contributed by atoms with van der Waals surface area (Å²) >= 11 is 0. The average molecular weight is 844 g/mol. The Bertz CT molecular complexity index is 1480. The molecule has 0 aromatic heterocycles. The van der Waals surface area contributed by atoms with Crippen molar-refractivity contribution in [3.63, 3.8) is 0 Å². The summed E-state index contributed by atoms with van der Waals surface area (Å²) in [5.41, 5.74) is 0.789. The zero-order valence-electron chi connectivity index (χ0n) is 39.3. The van der Waals surface area contributed by atoms with Crippen molar-refractivity contribution in [3.8, 4) is 0 Å². The number of hydrogen-bond donors (Lipinski definition) is 2. The number of likely N-dealkylation sites (N-methyl/N-ethyl adjacent to an activating group) is 3. The first-order valence-corrected chi connectivity index (χ1v) is 22.5. The highest BCUT2D eigenvalue weighted by atomic mass is 16.5. The van der Waals surface area contributed by atoms with Crippen molar-refractivity contribution in [2.75, 3.05) is 61.0 Å². The molecule has 0 unspecified atom stereocenters. The number of carbonyl (C=O) groups is 5. The van der Waals surface area contributed by atoms with E-state index in [4.69, 9.17) is 9.47 Å². The lowest BCUT2D eigenvalue weighted by atomic mass is 9.83. The molecule has 342 valence electrons. The standard InChI is InChI=1S/C47H81N5O8/c1-14-24-51(16-3)27-26-49(10)42(32(6)7)39(53)29-36(31(4)5)46(56)50(11)43(33(8)15-2)40(59-12)30-41(54)52-25-20-23-38(52)44(60-13)34(9)45(55)48-37(47(57)58)28-35-21-18-17-19-22-35/h17-19,21-22,31-34,36-38,40,42-44H,14-16,20,23-30H2,1-13H3,(H,48,55)(H,57,58)/t33-,34+,36-,37-,38-,40+,42-,43-,44+/m0/s1. The van der Waals surface area contributed by atoms with Crippen LogP contribution >= 0.6 is 0 Å². The van der Waals surface area contributed by atoms with Gasteiger partial charge in [0.1, 0.15) is 6.04 Å². The number of carbonyl (C=O) groups excluding carboxylic acids is 4. The number of ketones is 1. The Morgan fingerprint density at radius 3 is 2.05 bits per heavy atom. The second kappa shape index (κ2) is 26.2. The highest BCUT2D eigenvalue weighted by molar-refractivity contribution is 5.90. The number of likely N-dealkylation sites (tertiary alicyclic amines) is 1. The van der Waals surface area contributed by atoms with Gasteiger partial charge in [0, 0.05) is 59.7 Å². The van der Waals surface area contributed by atoms with E-state index in [1.807, 2.05) is 51.2 Å². The van der Waals surface area contributed by atoms with Gasteiger partial charge in [-0.2, -0.15) is 0 Å². The Balaban J connectivity index is 2.27. The van der Waals surface area contributed by atoms with Crippen LogP contribution in [0.25, 0.3) is 0 Å². The van der Waals surface area contributed by atoms with Crippen LogP contribution in [0.4, 0.5) is 0 Å². The fourth-order valence-electron chi connectivity index (χ4n) is 9.18. The largest absolute Gasteiger partial charge is 0.480 e. The zero-order valence-corrected chi connectivity index (χ0v) is 39.3. The molecule has 2 N–H and O–H groups in total. The fraction of sp³-hybridized carbons (Fsp3) is 0.766. The van der Waals surface area contributed by atoms with Gasteiger partial charge in [0.05, 0.1) is 42.7 Å². The minimum atomic E-state index is -1.13. The molecule has 2 rings (SSSR count).